The molecule has 2 rings (SSSR count). The predicted octanol–water partition coefficient (Wildman–Crippen LogP) is 1.94. The average Bonchev–Trinajstić information content (AvgIpc) is 2.49. The zero-order valence-electron chi connectivity index (χ0n) is 10.9. The largest absolute Gasteiger partial charge is 0.480 e. The first-order chi connectivity index (χ1) is 9.65. The molecule has 0 saturated heterocycles. The second-order valence-corrected chi connectivity index (χ2v) is 4.03. The van der Waals surface area contributed by atoms with Crippen molar-refractivity contribution in [2.24, 2.45) is 5.73 Å². The first-order valence-corrected chi connectivity index (χ1v) is 5.94. The number of carbonyl (C=O) groups excluding carboxylic acids is 1. The van der Waals surface area contributed by atoms with Crippen molar-refractivity contribution in [2.45, 2.75) is 6.54 Å². The Balaban J connectivity index is 2.23. The lowest BCUT2D eigenvalue weighted by Crippen LogP contribution is -2.15. The minimum atomic E-state index is -0.538. The molecule has 6 heteroatoms. The molecule has 0 fully saturated rings. The van der Waals surface area contributed by atoms with Crippen molar-refractivity contribution in [3.63, 3.8) is 0 Å². The van der Waals surface area contributed by atoms with Gasteiger partial charge in [-0.1, -0.05) is 6.07 Å². The van der Waals surface area contributed by atoms with Gasteiger partial charge < -0.3 is 15.8 Å². The van der Waals surface area contributed by atoms with Gasteiger partial charge in [0.25, 0.3) is 5.91 Å². The summed E-state index contributed by atoms with van der Waals surface area (Å²) in [4.78, 5) is 16.0. The number of nitrogens with one attached hydrogen (secondary N) is 1. The highest BCUT2D eigenvalue weighted by Crippen LogP contribution is 2.19. The predicted molar refractivity (Wildman–Crippen MR) is 73.0 cm³/mol. The van der Waals surface area contributed by atoms with E-state index in [2.05, 4.69) is 10.3 Å². The van der Waals surface area contributed by atoms with Crippen LogP contribution >= 0.6 is 0 Å². The number of halogens is 1. The summed E-state index contributed by atoms with van der Waals surface area (Å²) in [5.74, 6) is -0.845. The number of hydrogen-bond acceptors (Lipinski definition) is 4. The summed E-state index contributed by atoms with van der Waals surface area (Å²) in [6.45, 7) is 0.238. The number of ether oxygens (including phenoxy) is 1. The van der Waals surface area contributed by atoms with Crippen molar-refractivity contribution in [3.05, 3.63) is 53.5 Å². The fourth-order valence-corrected chi connectivity index (χ4v) is 1.70. The number of anilines is 1. The maximum absolute atomic E-state index is 13.8. The van der Waals surface area contributed by atoms with E-state index in [0.717, 1.165) is 0 Å². The Morgan fingerprint density at radius 1 is 1.45 bits per heavy atom. The van der Waals surface area contributed by atoms with Crippen molar-refractivity contribution >= 4 is 11.6 Å². The smallest absolute Gasteiger partial charge is 0.261 e. The average molecular weight is 275 g/mol. The summed E-state index contributed by atoms with van der Waals surface area (Å²) in [5.41, 5.74) is 6.39. The van der Waals surface area contributed by atoms with Crippen molar-refractivity contribution < 1.29 is 13.9 Å². The molecule has 0 atom stereocenters. The van der Waals surface area contributed by atoms with Crippen LogP contribution in [0.15, 0.2) is 36.5 Å². The summed E-state index contributed by atoms with van der Waals surface area (Å²) in [5, 5.41) is 2.48. The Hall–Kier alpha value is -2.47. The topological polar surface area (TPSA) is 77.2 Å². The fourth-order valence-electron chi connectivity index (χ4n) is 1.70. The summed E-state index contributed by atoms with van der Waals surface area (Å²) < 4.78 is 18.8. The van der Waals surface area contributed by atoms with Gasteiger partial charge in [0.15, 0.2) is 0 Å². The minimum absolute atomic E-state index is 0.0816. The Morgan fingerprint density at radius 2 is 2.25 bits per heavy atom. The van der Waals surface area contributed by atoms with Gasteiger partial charge in [0.05, 0.1) is 12.8 Å². The van der Waals surface area contributed by atoms with Gasteiger partial charge in [-0.15, -0.1) is 0 Å². The molecule has 5 nitrogen and oxygen atoms in total. The van der Waals surface area contributed by atoms with Crippen LogP contribution in [0.3, 0.4) is 0 Å². The van der Waals surface area contributed by atoms with Crippen molar-refractivity contribution in [3.8, 4) is 5.88 Å². The molecule has 0 radical (unpaired) electrons. The Labute approximate surface area is 115 Å². The van der Waals surface area contributed by atoms with Crippen LogP contribution in [0, 0.1) is 5.82 Å². The standard InChI is InChI=1S/C14H14FN3O2/c1-20-14-10(3-2-6-17-14)13(19)18-12-5-4-9(8-16)7-11(12)15/h2-7H,8,16H2,1H3,(H,18,19). The van der Waals surface area contributed by atoms with E-state index in [1.54, 1.807) is 18.2 Å². The van der Waals surface area contributed by atoms with Crippen molar-refractivity contribution in [1.82, 2.24) is 4.98 Å². The van der Waals surface area contributed by atoms with E-state index in [-0.39, 0.29) is 23.7 Å². The molecule has 3 N–H and O–H groups in total. The number of nitrogens with two attached hydrogens (primary N) is 1. The molecule has 104 valence electrons. The number of pyridine rings is 1. The Morgan fingerprint density at radius 3 is 2.90 bits per heavy atom. The van der Waals surface area contributed by atoms with Crippen molar-refractivity contribution in [1.29, 1.82) is 0 Å². The zero-order chi connectivity index (χ0) is 14.5. The highest BCUT2D eigenvalue weighted by molar-refractivity contribution is 6.05. The van der Waals surface area contributed by atoms with E-state index in [1.165, 1.54) is 25.4 Å². The van der Waals surface area contributed by atoms with Gasteiger partial charge >= 0.3 is 0 Å². The zero-order valence-corrected chi connectivity index (χ0v) is 10.9. The lowest BCUT2D eigenvalue weighted by molar-refractivity contribution is 0.102. The molecule has 1 heterocycles. The molecule has 0 saturated carbocycles. The molecular weight excluding hydrogens is 261 g/mol. The molecule has 1 aromatic heterocycles. The van der Waals surface area contributed by atoms with Crippen LogP contribution in [-0.4, -0.2) is 18.0 Å². The van der Waals surface area contributed by atoms with Crippen LogP contribution < -0.4 is 15.8 Å². The molecule has 0 spiro atoms. The van der Waals surface area contributed by atoms with Gasteiger partial charge in [-0.25, -0.2) is 9.37 Å². The summed E-state index contributed by atoms with van der Waals surface area (Å²) in [6.07, 6.45) is 1.51. The molecule has 2 aromatic rings. The van der Waals surface area contributed by atoms with Gasteiger partial charge in [0, 0.05) is 12.7 Å². The molecule has 0 bridgehead atoms. The molecule has 0 unspecified atom stereocenters. The number of rotatable bonds is 4. The molecule has 0 aliphatic carbocycles. The number of amides is 1. The highest BCUT2D eigenvalue weighted by atomic mass is 19.1. The van der Waals surface area contributed by atoms with E-state index in [4.69, 9.17) is 10.5 Å². The third-order valence-corrected chi connectivity index (χ3v) is 2.73. The van der Waals surface area contributed by atoms with Gasteiger partial charge in [-0.05, 0) is 29.8 Å². The molecule has 20 heavy (non-hydrogen) atoms. The highest BCUT2D eigenvalue weighted by Gasteiger charge is 2.14. The molecule has 0 aliphatic heterocycles. The van der Waals surface area contributed by atoms with E-state index in [9.17, 15) is 9.18 Å². The van der Waals surface area contributed by atoms with Crippen LogP contribution in [0.4, 0.5) is 10.1 Å². The van der Waals surface area contributed by atoms with Gasteiger partial charge in [0.1, 0.15) is 11.4 Å². The second kappa shape index (κ2) is 6.12. The van der Waals surface area contributed by atoms with Crippen LogP contribution in [-0.2, 0) is 6.54 Å². The third-order valence-electron chi connectivity index (χ3n) is 2.73. The first kappa shape index (κ1) is 14.0. The summed E-state index contributed by atoms with van der Waals surface area (Å²) in [6, 6.07) is 7.56. The number of methoxy groups -OCH3 is 1. The van der Waals surface area contributed by atoms with E-state index < -0.39 is 11.7 Å². The Bertz CT molecular complexity index is 632. The van der Waals surface area contributed by atoms with Crippen LogP contribution in [0.25, 0.3) is 0 Å². The molecule has 1 amide bonds. The van der Waals surface area contributed by atoms with E-state index >= 15 is 0 Å². The van der Waals surface area contributed by atoms with Crippen LogP contribution in [0.1, 0.15) is 15.9 Å². The summed E-state index contributed by atoms with van der Waals surface area (Å²) in [7, 11) is 1.41. The minimum Gasteiger partial charge on any atom is -0.480 e. The second-order valence-electron chi connectivity index (χ2n) is 4.03. The van der Waals surface area contributed by atoms with Crippen molar-refractivity contribution in [2.75, 3.05) is 12.4 Å². The third kappa shape index (κ3) is 2.92. The molecule has 1 aromatic carbocycles. The molecule has 0 aliphatic rings. The lowest BCUT2D eigenvalue weighted by atomic mass is 10.2. The van der Waals surface area contributed by atoms with E-state index in [0.29, 0.717) is 5.56 Å². The number of benzene rings is 1. The maximum Gasteiger partial charge on any atom is 0.261 e. The molecular formula is C14H14FN3O2. The van der Waals surface area contributed by atoms with Gasteiger partial charge in [0.2, 0.25) is 5.88 Å². The number of nitrogens with zero attached hydrogens (tertiary/aromatic N) is 1. The monoisotopic (exact) mass is 275 g/mol. The first-order valence-electron chi connectivity index (χ1n) is 5.94. The van der Waals surface area contributed by atoms with Crippen LogP contribution in [0.5, 0.6) is 5.88 Å². The normalized spacial score (nSPS) is 10.2. The Kier molecular flexibility index (Phi) is 4.27. The maximum atomic E-state index is 13.8. The van der Waals surface area contributed by atoms with Crippen LogP contribution in [0.2, 0.25) is 0 Å². The number of carbonyl (C=O) groups is 1. The van der Waals surface area contributed by atoms with Gasteiger partial charge in [-0.3, -0.25) is 4.79 Å². The fraction of sp³-hybridized carbons (Fsp3) is 0.143. The quantitative estimate of drug-likeness (QED) is 0.894. The SMILES string of the molecule is COc1ncccc1C(=O)Nc1ccc(CN)cc1F. The summed E-state index contributed by atoms with van der Waals surface area (Å²) >= 11 is 0. The van der Waals surface area contributed by atoms with E-state index in [1.807, 2.05) is 0 Å². The number of aromatic nitrogens is 1. The number of hydrogen-bond donors (Lipinski definition) is 2. The van der Waals surface area contributed by atoms with Gasteiger partial charge in [-0.2, -0.15) is 0 Å². The lowest BCUT2D eigenvalue weighted by Gasteiger charge is -2.09.